The maximum atomic E-state index is 13.0. The molecule has 29 heavy (non-hydrogen) atoms. The van der Waals surface area contributed by atoms with Gasteiger partial charge in [0.15, 0.2) is 6.10 Å². The first-order chi connectivity index (χ1) is 14.0. The number of aryl methyl sites for hydroxylation is 1. The van der Waals surface area contributed by atoms with Crippen LogP contribution in [0.3, 0.4) is 0 Å². The Morgan fingerprint density at radius 1 is 1.10 bits per heavy atom. The molecule has 0 bridgehead atoms. The van der Waals surface area contributed by atoms with Gasteiger partial charge in [-0.1, -0.05) is 31.2 Å². The summed E-state index contributed by atoms with van der Waals surface area (Å²) in [5.41, 5.74) is 2.25. The number of hydrogen-bond acceptors (Lipinski definition) is 3. The molecule has 154 valence electrons. The molecule has 1 aliphatic rings. The average Bonchev–Trinajstić information content (AvgIpc) is 2.74. The second kappa shape index (κ2) is 9.56. The van der Waals surface area contributed by atoms with Crippen LogP contribution in [-0.2, 0) is 11.2 Å². The Morgan fingerprint density at radius 2 is 1.76 bits per heavy atom. The van der Waals surface area contributed by atoms with E-state index in [4.69, 9.17) is 4.74 Å². The molecule has 0 aromatic heterocycles. The third-order valence-electron chi connectivity index (χ3n) is 5.33. The number of carbonyl (C=O) groups is 2. The Bertz CT molecular complexity index is 843. The average molecular weight is 397 g/mol. The molecule has 1 fully saturated rings. The molecule has 1 aliphatic heterocycles. The molecule has 6 nitrogen and oxygen atoms in total. The molecule has 1 saturated heterocycles. The van der Waals surface area contributed by atoms with E-state index >= 15 is 0 Å². The summed E-state index contributed by atoms with van der Waals surface area (Å²) in [6.45, 7) is 7.11. The number of hydrogen-bond donors (Lipinski definition) is 2. The van der Waals surface area contributed by atoms with Crippen LogP contribution in [0.4, 0.5) is 5.69 Å². The summed E-state index contributed by atoms with van der Waals surface area (Å²) in [7, 11) is 2.13. The topological polar surface area (TPSA) is 63.1 Å². The standard InChI is InChI=1S/C23H29N3O3/c1-4-18-9-11-19(12-10-18)29-17(2)22(27)24-21-8-6-5-7-20(21)23(28)26-15-13-25(3)14-16-26/h5-12,17H,4,13-16H2,1-3H3,(H,24,27)/p+1/t17-/m1/s1. The largest absolute Gasteiger partial charge is 0.481 e. The Hall–Kier alpha value is -2.86. The number of ether oxygens (including phenoxy) is 1. The van der Waals surface area contributed by atoms with Crippen LogP contribution in [0, 0.1) is 0 Å². The first-order valence-corrected chi connectivity index (χ1v) is 10.2. The first kappa shape index (κ1) is 20.9. The lowest BCUT2D eigenvalue weighted by atomic mass is 10.1. The number of anilines is 1. The molecular formula is C23H30N3O3+. The van der Waals surface area contributed by atoms with Crippen molar-refractivity contribution in [2.24, 2.45) is 0 Å². The van der Waals surface area contributed by atoms with Crippen molar-refractivity contribution < 1.29 is 19.2 Å². The van der Waals surface area contributed by atoms with E-state index in [1.807, 2.05) is 41.3 Å². The molecule has 2 aromatic rings. The van der Waals surface area contributed by atoms with Crippen molar-refractivity contribution in [1.82, 2.24) is 4.90 Å². The molecule has 1 heterocycles. The normalized spacial score (nSPS) is 15.6. The number of nitrogens with one attached hydrogen (secondary N) is 2. The summed E-state index contributed by atoms with van der Waals surface area (Å²) in [4.78, 5) is 28.9. The van der Waals surface area contributed by atoms with Gasteiger partial charge in [0.2, 0.25) is 0 Å². The zero-order valence-electron chi connectivity index (χ0n) is 17.4. The van der Waals surface area contributed by atoms with Crippen LogP contribution in [0.15, 0.2) is 48.5 Å². The fourth-order valence-corrected chi connectivity index (χ4v) is 3.34. The molecule has 0 aliphatic carbocycles. The minimum Gasteiger partial charge on any atom is -0.481 e. The Morgan fingerprint density at radius 3 is 2.41 bits per heavy atom. The van der Waals surface area contributed by atoms with Gasteiger partial charge in [0.05, 0.1) is 44.5 Å². The van der Waals surface area contributed by atoms with E-state index in [2.05, 4.69) is 19.3 Å². The van der Waals surface area contributed by atoms with Crippen LogP contribution in [-0.4, -0.2) is 56.0 Å². The van der Waals surface area contributed by atoms with Gasteiger partial charge < -0.3 is 19.9 Å². The molecule has 3 rings (SSSR count). The molecule has 0 spiro atoms. The van der Waals surface area contributed by atoms with E-state index in [-0.39, 0.29) is 11.8 Å². The number of rotatable bonds is 6. The number of piperazine rings is 1. The van der Waals surface area contributed by atoms with Crippen LogP contribution in [0.25, 0.3) is 0 Å². The van der Waals surface area contributed by atoms with E-state index in [0.717, 1.165) is 32.6 Å². The summed E-state index contributed by atoms with van der Waals surface area (Å²) >= 11 is 0. The Labute approximate surface area is 172 Å². The van der Waals surface area contributed by atoms with Crippen LogP contribution in [0.5, 0.6) is 5.75 Å². The highest BCUT2D eigenvalue weighted by Crippen LogP contribution is 2.19. The molecule has 0 saturated carbocycles. The highest BCUT2D eigenvalue weighted by molar-refractivity contribution is 6.04. The smallest absolute Gasteiger partial charge is 0.265 e. The minimum atomic E-state index is -0.683. The van der Waals surface area contributed by atoms with Gasteiger partial charge >= 0.3 is 0 Å². The van der Waals surface area contributed by atoms with Gasteiger partial charge in [0, 0.05) is 0 Å². The Kier molecular flexibility index (Phi) is 6.88. The lowest BCUT2D eigenvalue weighted by Crippen LogP contribution is -3.12. The SMILES string of the molecule is CCc1ccc(O[C@H](C)C(=O)Nc2ccccc2C(=O)N2CC[NH+](C)CC2)cc1. The van der Waals surface area contributed by atoms with Crippen molar-refractivity contribution in [3.05, 3.63) is 59.7 Å². The van der Waals surface area contributed by atoms with Gasteiger partial charge in [0.25, 0.3) is 11.8 Å². The summed E-state index contributed by atoms with van der Waals surface area (Å²) in [6, 6.07) is 14.9. The molecule has 0 radical (unpaired) electrons. The summed E-state index contributed by atoms with van der Waals surface area (Å²) in [5, 5.41) is 2.87. The minimum absolute atomic E-state index is 0.0443. The van der Waals surface area contributed by atoms with Crippen molar-refractivity contribution in [3.8, 4) is 5.75 Å². The first-order valence-electron chi connectivity index (χ1n) is 10.2. The fraction of sp³-hybridized carbons (Fsp3) is 0.391. The maximum absolute atomic E-state index is 13.0. The lowest BCUT2D eigenvalue weighted by molar-refractivity contribution is -0.883. The number of amides is 2. The molecular weight excluding hydrogens is 366 g/mol. The zero-order chi connectivity index (χ0) is 20.8. The molecule has 0 unspecified atom stereocenters. The fourth-order valence-electron chi connectivity index (χ4n) is 3.34. The quantitative estimate of drug-likeness (QED) is 0.780. The number of carbonyl (C=O) groups excluding carboxylic acids is 2. The third kappa shape index (κ3) is 5.35. The van der Waals surface area contributed by atoms with Crippen molar-refractivity contribution >= 4 is 17.5 Å². The van der Waals surface area contributed by atoms with E-state index < -0.39 is 6.10 Å². The van der Waals surface area contributed by atoms with Crippen molar-refractivity contribution in [2.75, 3.05) is 38.5 Å². The van der Waals surface area contributed by atoms with Crippen molar-refractivity contribution in [2.45, 2.75) is 26.4 Å². The maximum Gasteiger partial charge on any atom is 0.265 e. The predicted molar refractivity (Wildman–Crippen MR) is 114 cm³/mol. The number of benzene rings is 2. The number of quaternary nitrogens is 1. The molecule has 2 aromatic carbocycles. The second-order valence-electron chi connectivity index (χ2n) is 7.54. The predicted octanol–water partition coefficient (Wildman–Crippen LogP) is 1.63. The lowest BCUT2D eigenvalue weighted by Gasteiger charge is -2.30. The van der Waals surface area contributed by atoms with Gasteiger partial charge in [-0.05, 0) is 43.2 Å². The molecule has 6 heteroatoms. The van der Waals surface area contributed by atoms with Gasteiger partial charge in [0.1, 0.15) is 5.75 Å². The van der Waals surface area contributed by atoms with E-state index in [9.17, 15) is 9.59 Å². The summed E-state index contributed by atoms with van der Waals surface area (Å²) in [5.74, 6) is 0.318. The second-order valence-corrected chi connectivity index (χ2v) is 7.54. The number of likely N-dealkylation sites (N-methyl/N-ethyl adjacent to an activating group) is 1. The number of para-hydroxylation sites is 1. The Balaban J connectivity index is 1.66. The third-order valence-corrected chi connectivity index (χ3v) is 5.33. The summed E-state index contributed by atoms with van der Waals surface area (Å²) < 4.78 is 5.77. The molecule has 1 atom stereocenters. The van der Waals surface area contributed by atoms with Gasteiger partial charge in [-0.3, -0.25) is 9.59 Å². The van der Waals surface area contributed by atoms with Crippen LogP contribution in [0.1, 0.15) is 29.8 Å². The van der Waals surface area contributed by atoms with E-state index in [0.29, 0.717) is 17.0 Å². The van der Waals surface area contributed by atoms with Gasteiger partial charge in [-0.25, -0.2) is 0 Å². The van der Waals surface area contributed by atoms with Gasteiger partial charge in [-0.15, -0.1) is 0 Å². The van der Waals surface area contributed by atoms with Crippen molar-refractivity contribution in [3.63, 3.8) is 0 Å². The highest BCUT2D eigenvalue weighted by Gasteiger charge is 2.25. The van der Waals surface area contributed by atoms with Crippen LogP contribution in [0.2, 0.25) is 0 Å². The van der Waals surface area contributed by atoms with Crippen LogP contribution >= 0.6 is 0 Å². The molecule has 2 amide bonds. The van der Waals surface area contributed by atoms with Gasteiger partial charge in [-0.2, -0.15) is 0 Å². The van der Waals surface area contributed by atoms with E-state index in [1.54, 1.807) is 19.1 Å². The molecule has 2 N–H and O–H groups in total. The van der Waals surface area contributed by atoms with Crippen LogP contribution < -0.4 is 15.0 Å². The zero-order valence-corrected chi connectivity index (χ0v) is 17.4. The summed E-state index contributed by atoms with van der Waals surface area (Å²) in [6.07, 6.45) is 0.272. The highest BCUT2D eigenvalue weighted by atomic mass is 16.5. The number of nitrogens with zero attached hydrogens (tertiary/aromatic N) is 1. The van der Waals surface area contributed by atoms with Crippen molar-refractivity contribution in [1.29, 1.82) is 0 Å². The monoisotopic (exact) mass is 396 g/mol. The van der Waals surface area contributed by atoms with E-state index in [1.165, 1.54) is 10.5 Å².